The third-order valence-corrected chi connectivity index (χ3v) is 3.03. The molecule has 5 heteroatoms. The zero-order chi connectivity index (χ0) is 14.0. The average Bonchev–Trinajstić information content (AvgIpc) is 2.36. The van der Waals surface area contributed by atoms with E-state index in [0.717, 1.165) is 0 Å². The smallest absolute Gasteiger partial charge is 0.241 e. The number of carbonyl (C=O) groups excluding carboxylic acids is 1. The molecule has 1 amide bonds. The predicted octanol–water partition coefficient (Wildman–Crippen LogP) is 1.77. The largest absolute Gasteiger partial charge is 0.486 e. The minimum Gasteiger partial charge on any atom is -0.486 e. The van der Waals surface area contributed by atoms with E-state index in [0.29, 0.717) is 30.4 Å². The van der Waals surface area contributed by atoms with Crippen LogP contribution in [-0.2, 0) is 4.79 Å². The van der Waals surface area contributed by atoms with Crippen molar-refractivity contribution < 1.29 is 14.3 Å². The van der Waals surface area contributed by atoms with E-state index in [1.54, 1.807) is 18.2 Å². The van der Waals surface area contributed by atoms with Crippen LogP contribution in [0.2, 0.25) is 0 Å². The predicted molar refractivity (Wildman–Crippen MR) is 73.5 cm³/mol. The van der Waals surface area contributed by atoms with Gasteiger partial charge in [-0.15, -0.1) is 0 Å². The van der Waals surface area contributed by atoms with E-state index in [-0.39, 0.29) is 11.3 Å². The van der Waals surface area contributed by atoms with Crippen LogP contribution in [0.25, 0.3) is 0 Å². The molecule has 0 saturated carbocycles. The fourth-order valence-corrected chi connectivity index (χ4v) is 1.73. The molecule has 0 unspecified atom stereocenters. The van der Waals surface area contributed by atoms with Crippen LogP contribution >= 0.6 is 0 Å². The van der Waals surface area contributed by atoms with Gasteiger partial charge in [0.2, 0.25) is 5.91 Å². The van der Waals surface area contributed by atoms with Crippen molar-refractivity contribution in [1.82, 2.24) is 0 Å². The SMILES string of the molecule is CC(C)(C)[C@H](N)C(=O)Nc1ccc2c(c1)OCCO2. The summed E-state index contributed by atoms with van der Waals surface area (Å²) >= 11 is 0. The Balaban J connectivity index is 2.09. The van der Waals surface area contributed by atoms with Crippen molar-refractivity contribution in [1.29, 1.82) is 0 Å². The normalized spacial score (nSPS) is 15.8. The molecule has 19 heavy (non-hydrogen) atoms. The van der Waals surface area contributed by atoms with Crippen LogP contribution in [-0.4, -0.2) is 25.2 Å². The monoisotopic (exact) mass is 264 g/mol. The van der Waals surface area contributed by atoms with E-state index in [9.17, 15) is 4.79 Å². The average molecular weight is 264 g/mol. The zero-order valence-electron chi connectivity index (χ0n) is 11.5. The van der Waals surface area contributed by atoms with Gasteiger partial charge >= 0.3 is 0 Å². The van der Waals surface area contributed by atoms with Gasteiger partial charge in [-0.05, 0) is 17.5 Å². The number of amides is 1. The lowest BCUT2D eigenvalue weighted by Crippen LogP contribution is -2.45. The third-order valence-electron chi connectivity index (χ3n) is 3.03. The van der Waals surface area contributed by atoms with Gasteiger partial charge in [0.15, 0.2) is 11.5 Å². The number of rotatable bonds is 2. The number of carbonyl (C=O) groups is 1. The Morgan fingerprint density at radius 1 is 1.26 bits per heavy atom. The van der Waals surface area contributed by atoms with Crippen molar-refractivity contribution in [3.8, 4) is 11.5 Å². The summed E-state index contributed by atoms with van der Waals surface area (Å²) in [5.41, 5.74) is 6.29. The number of nitrogens with one attached hydrogen (secondary N) is 1. The summed E-state index contributed by atoms with van der Waals surface area (Å²) in [6, 6.07) is 4.75. The fraction of sp³-hybridized carbons (Fsp3) is 0.500. The quantitative estimate of drug-likeness (QED) is 0.853. The summed E-state index contributed by atoms with van der Waals surface area (Å²) in [6.07, 6.45) is 0. The van der Waals surface area contributed by atoms with Crippen LogP contribution in [0.4, 0.5) is 5.69 Å². The van der Waals surface area contributed by atoms with Crippen LogP contribution < -0.4 is 20.5 Å². The summed E-state index contributed by atoms with van der Waals surface area (Å²) in [4.78, 5) is 12.0. The summed E-state index contributed by atoms with van der Waals surface area (Å²) < 4.78 is 10.9. The molecule has 0 bridgehead atoms. The van der Waals surface area contributed by atoms with Gasteiger partial charge in [-0.25, -0.2) is 0 Å². The summed E-state index contributed by atoms with van der Waals surface area (Å²) in [7, 11) is 0. The van der Waals surface area contributed by atoms with Crippen molar-refractivity contribution >= 4 is 11.6 Å². The molecule has 1 aromatic carbocycles. The third kappa shape index (κ3) is 3.17. The summed E-state index contributed by atoms with van der Waals surface area (Å²) in [5, 5.41) is 2.80. The number of hydrogen-bond donors (Lipinski definition) is 2. The van der Waals surface area contributed by atoms with Gasteiger partial charge in [0.25, 0.3) is 0 Å². The standard InChI is InChI=1S/C14H20N2O3/c1-14(2,3)12(15)13(17)16-9-4-5-10-11(8-9)19-7-6-18-10/h4-5,8,12H,6-7,15H2,1-3H3,(H,16,17)/t12-/m1/s1. The second kappa shape index (κ2) is 5.09. The molecule has 0 fully saturated rings. The molecule has 0 aromatic heterocycles. The van der Waals surface area contributed by atoms with Gasteiger partial charge in [0.1, 0.15) is 13.2 Å². The topological polar surface area (TPSA) is 73.6 Å². The van der Waals surface area contributed by atoms with Gasteiger partial charge in [0.05, 0.1) is 6.04 Å². The number of ether oxygens (including phenoxy) is 2. The van der Waals surface area contributed by atoms with Crippen LogP contribution in [0.3, 0.4) is 0 Å². The fourth-order valence-electron chi connectivity index (χ4n) is 1.73. The molecule has 1 aliphatic heterocycles. The number of benzene rings is 1. The molecule has 0 saturated heterocycles. The zero-order valence-corrected chi connectivity index (χ0v) is 11.5. The number of anilines is 1. The van der Waals surface area contributed by atoms with E-state index in [1.807, 2.05) is 20.8 Å². The molecule has 3 N–H and O–H groups in total. The first-order valence-corrected chi connectivity index (χ1v) is 6.34. The highest BCUT2D eigenvalue weighted by Crippen LogP contribution is 2.32. The van der Waals surface area contributed by atoms with E-state index < -0.39 is 6.04 Å². The van der Waals surface area contributed by atoms with Gasteiger partial charge < -0.3 is 20.5 Å². The molecule has 0 aliphatic carbocycles. The Bertz CT molecular complexity index is 480. The summed E-state index contributed by atoms with van der Waals surface area (Å²) in [5.74, 6) is 1.14. The molecule has 1 aromatic rings. The van der Waals surface area contributed by atoms with Crippen molar-refractivity contribution in [3.05, 3.63) is 18.2 Å². The van der Waals surface area contributed by atoms with Crippen molar-refractivity contribution in [2.45, 2.75) is 26.8 Å². The van der Waals surface area contributed by atoms with Gasteiger partial charge in [-0.1, -0.05) is 20.8 Å². The maximum Gasteiger partial charge on any atom is 0.241 e. The first kappa shape index (κ1) is 13.7. The highest BCUT2D eigenvalue weighted by atomic mass is 16.6. The molecular formula is C14H20N2O3. The molecule has 1 aliphatic rings. The van der Waals surface area contributed by atoms with E-state index in [2.05, 4.69) is 5.32 Å². The Hall–Kier alpha value is -1.75. The molecule has 0 spiro atoms. The molecule has 104 valence electrons. The van der Waals surface area contributed by atoms with Crippen molar-refractivity contribution in [2.24, 2.45) is 11.1 Å². The number of hydrogen-bond acceptors (Lipinski definition) is 4. The lowest BCUT2D eigenvalue weighted by atomic mass is 9.87. The van der Waals surface area contributed by atoms with E-state index >= 15 is 0 Å². The molecule has 5 nitrogen and oxygen atoms in total. The Morgan fingerprint density at radius 2 is 1.89 bits per heavy atom. The highest BCUT2D eigenvalue weighted by Gasteiger charge is 2.27. The number of fused-ring (bicyclic) bond motifs is 1. The molecule has 1 heterocycles. The van der Waals surface area contributed by atoms with Crippen molar-refractivity contribution in [3.63, 3.8) is 0 Å². The van der Waals surface area contributed by atoms with Gasteiger partial charge in [0, 0.05) is 11.8 Å². The maximum atomic E-state index is 12.0. The Labute approximate surface area is 113 Å². The van der Waals surface area contributed by atoms with E-state index in [1.165, 1.54) is 0 Å². The molecule has 0 radical (unpaired) electrons. The van der Waals surface area contributed by atoms with Crippen molar-refractivity contribution in [2.75, 3.05) is 18.5 Å². The van der Waals surface area contributed by atoms with E-state index in [4.69, 9.17) is 15.2 Å². The van der Waals surface area contributed by atoms with Crippen LogP contribution in [0.1, 0.15) is 20.8 Å². The van der Waals surface area contributed by atoms with Crippen LogP contribution in [0.15, 0.2) is 18.2 Å². The first-order valence-electron chi connectivity index (χ1n) is 6.34. The minimum atomic E-state index is -0.569. The Morgan fingerprint density at radius 3 is 2.53 bits per heavy atom. The van der Waals surface area contributed by atoms with Gasteiger partial charge in [-0.2, -0.15) is 0 Å². The minimum absolute atomic E-state index is 0.204. The lowest BCUT2D eigenvalue weighted by molar-refractivity contribution is -0.119. The Kier molecular flexibility index (Phi) is 3.66. The highest BCUT2D eigenvalue weighted by molar-refractivity contribution is 5.95. The van der Waals surface area contributed by atoms with Crippen LogP contribution in [0.5, 0.6) is 11.5 Å². The molecular weight excluding hydrogens is 244 g/mol. The van der Waals surface area contributed by atoms with Crippen LogP contribution in [0, 0.1) is 5.41 Å². The molecule has 1 atom stereocenters. The first-order chi connectivity index (χ1) is 8.88. The van der Waals surface area contributed by atoms with Gasteiger partial charge in [-0.3, -0.25) is 4.79 Å². The molecule has 2 rings (SSSR count). The summed E-state index contributed by atoms with van der Waals surface area (Å²) in [6.45, 7) is 6.86. The second-order valence-corrected chi connectivity index (χ2v) is 5.69. The number of nitrogens with two attached hydrogens (primary N) is 1. The maximum absolute atomic E-state index is 12.0. The second-order valence-electron chi connectivity index (χ2n) is 5.69. The lowest BCUT2D eigenvalue weighted by Gasteiger charge is -2.26.